The standard InChI is InChI=1S/C28H26N2O5/c1-30-18-21(17-26(31)29-25-10-6-5-9-24(25)28(32)33)11-16-27(30)35-23-14-12-22(13-15-23)34-19-20-7-3-2-4-8-20/h2-16,18,27H,17,19H2,1H3,(H,29,31)(H,32,33). The van der Waals surface area contributed by atoms with E-state index in [1.165, 1.54) is 6.07 Å². The molecule has 1 heterocycles. The molecule has 4 rings (SSSR count). The van der Waals surface area contributed by atoms with Crippen LogP contribution in [-0.4, -0.2) is 35.2 Å². The molecule has 0 radical (unpaired) electrons. The Kier molecular flexibility index (Phi) is 7.47. The van der Waals surface area contributed by atoms with Crippen LogP contribution in [0.5, 0.6) is 11.5 Å². The van der Waals surface area contributed by atoms with E-state index in [9.17, 15) is 14.7 Å². The normalized spacial score (nSPS) is 14.7. The van der Waals surface area contributed by atoms with Gasteiger partial charge in [-0.1, -0.05) is 48.5 Å². The largest absolute Gasteiger partial charge is 0.489 e. The minimum atomic E-state index is -1.09. The first kappa shape index (κ1) is 23.6. The fourth-order valence-corrected chi connectivity index (χ4v) is 3.60. The zero-order valence-electron chi connectivity index (χ0n) is 19.3. The van der Waals surface area contributed by atoms with Crippen molar-refractivity contribution >= 4 is 17.6 Å². The third-order valence-corrected chi connectivity index (χ3v) is 5.37. The van der Waals surface area contributed by atoms with Crippen molar-refractivity contribution in [1.29, 1.82) is 0 Å². The molecule has 3 aromatic rings. The molecule has 7 heteroatoms. The monoisotopic (exact) mass is 470 g/mol. The van der Waals surface area contributed by atoms with Crippen molar-refractivity contribution in [3.63, 3.8) is 0 Å². The van der Waals surface area contributed by atoms with Crippen LogP contribution in [0.15, 0.2) is 103 Å². The smallest absolute Gasteiger partial charge is 0.337 e. The summed E-state index contributed by atoms with van der Waals surface area (Å²) < 4.78 is 11.9. The number of carboxylic acids is 1. The van der Waals surface area contributed by atoms with E-state index in [1.807, 2.05) is 84.9 Å². The number of anilines is 1. The zero-order chi connectivity index (χ0) is 24.6. The molecule has 178 valence electrons. The number of ether oxygens (including phenoxy) is 2. The number of likely N-dealkylation sites (N-methyl/N-ethyl adjacent to an activating group) is 1. The molecule has 0 aromatic heterocycles. The highest BCUT2D eigenvalue weighted by molar-refractivity contribution is 6.01. The number of carbonyl (C=O) groups excluding carboxylic acids is 1. The molecule has 1 aliphatic heterocycles. The maximum atomic E-state index is 12.5. The number of carbonyl (C=O) groups is 2. The average Bonchev–Trinajstić information content (AvgIpc) is 2.86. The van der Waals surface area contributed by atoms with Gasteiger partial charge in [0.25, 0.3) is 0 Å². The topological polar surface area (TPSA) is 88.1 Å². The molecule has 35 heavy (non-hydrogen) atoms. The minimum absolute atomic E-state index is 0.0519. The van der Waals surface area contributed by atoms with E-state index in [-0.39, 0.29) is 29.8 Å². The second kappa shape index (κ2) is 11.1. The maximum Gasteiger partial charge on any atom is 0.337 e. The Labute approximate surface area is 203 Å². The van der Waals surface area contributed by atoms with Gasteiger partial charge in [-0.25, -0.2) is 4.79 Å². The number of benzene rings is 3. The molecular weight excluding hydrogens is 444 g/mol. The molecule has 0 bridgehead atoms. The third-order valence-electron chi connectivity index (χ3n) is 5.37. The summed E-state index contributed by atoms with van der Waals surface area (Å²) in [7, 11) is 1.86. The summed E-state index contributed by atoms with van der Waals surface area (Å²) in [6.45, 7) is 0.498. The quantitative estimate of drug-likeness (QED) is 0.453. The Balaban J connectivity index is 1.29. The van der Waals surface area contributed by atoms with Crippen molar-refractivity contribution in [3.05, 3.63) is 114 Å². The molecule has 1 atom stereocenters. The van der Waals surface area contributed by atoms with Crippen LogP contribution in [0.1, 0.15) is 22.3 Å². The fourth-order valence-electron chi connectivity index (χ4n) is 3.60. The second-order valence-electron chi connectivity index (χ2n) is 8.06. The van der Waals surface area contributed by atoms with Gasteiger partial charge in [-0.15, -0.1) is 0 Å². The average molecular weight is 471 g/mol. The SMILES string of the molecule is CN1C=C(CC(=O)Nc2ccccc2C(=O)O)C=CC1Oc1ccc(OCc2ccccc2)cc1. The zero-order valence-corrected chi connectivity index (χ0v) is 19.3. The van der Waals surface area contributed by atoms with Gasteiger partial charge < -0.3 is 24.8 Å². The van der Waals surface area contributed by atoms with Gasteiger partial charge in [0.05, 0.1) is 17.7 Å². The Morgan fingerprint density at radius 3 is 2.34 bits per heavy atom. The second-order valence-corrected chi connectivity index (χ2v) is 8.06. The molecule has 7 nitrogen and oxygen atoms in total. The van der Waals surface area contributed by atoms with Crippen molar-refractivity contribution in [2.45, 2.75) is 19.3 Å². The van der Waals surface area contributed by atoms with Gasteiger partial charge in [0, 0.05) is 13.2 Å². The molecular formula is C28H26N2O5. The first-order valence-electron chi connectivity index (χ1n) is 11.1. The number of para-hydroxylation sites is 1. The van der Waals surface area contributed by atoms with E-state index < -0.39 is 5.97 Å². The first-order chi connectivity index (χ1) is 17.0. The summed E-state index contributed by atoms with van der Waals surface area (Å²) in [5.74, 6) is 0.0616. The van der Waals surface area contributed by atoms with Gasteiger partial charge in [0.2, 0.25) is 5.91 Å². The molecule has 0 saturated carbocycles. The van der Waals surface area contributed by atoms with Crippen molar-refractivity contribution < 1.29 is 24.2 Å². The highest BCUT2D eigenvalue weighted by Gasteiger charge is 2.18. The lowest BCUT2D eigenvalue weighted by Gasteiger charge is -2.28. The summed E-state index contributed by atoms with van der Waals surface area (Å²) in [6.07, 6.45) is 5.32. The van der Waals surface area contributed by atoms with Crippen LogP contribution in [0.2, 0.25) is 0 Å². The highest BCUT2D eigenvalue weighted by atomic mass is 16.5. The van der Waals surface area contributed by atoms with Crippen LogP contribution in [0.3, 0.4) is 0 Å². The molecule has 0 fully saturated rings. The number of amides is 1. The first-order valence-corrected chi connectivity index (χ1v) is 11.1. The number of aromatic carboxylic acids is 1. The summed E-state index contributed by atoms with van der Waals surface area (Å²) in [4.78, 5) is 25.7. The van der Waals surface area contributed by atoms with Gasteiger partial charge in [-0.3, -0.25) is 4.79 Å². The number of hydrogen-bond donors (Lipinski definition) is 2. The van der Waals surface area contributed by atoms with E-state index in [2.05, 4.69) is 5.32 Å². The van der Waals surface area contributed by atoms with Crippen LogP contribution in [0.4, 0.5) is 5.69 Å². The van der Waals surface area contributed by atoms with E-state index >= 15 is 0 Å². The van der Waals surface area contributed by atoms with Gasteiger partial charge in [0.15, 0.2) is 6.23 Å². The van der Waals surface area contributed by atoms with Crippen molar-refractivity contribution in [2.24, 2.45) is 0 Å². The number of nitrogens with zero attached hydrogens (tertiary/aromatic N) is 1. The Morgan fingerprint density at radius 1 is 0.943 bits per heavy atom. The van der Waals surface area contributed by atoms with E-state index in [4.69, 9.17) is 9.47 Å². The third kappa shape index (κ3) is 6.51. The van der Waals surface area contributed by atoms with Crippen molar-refractivity contribution in [3.8, 4) is 11.5 Å². The molecule has 0 spiro atoms. The van der Waals surface area contributed by atoms with Crippen LogP contribution in [0, 0.1) is 0 Å². The maximum absolute atomic E-state index is 12.5. The number of hydrogen-bond acceptors (Lipinski definition) is 5. The number of nitrogens with one attached hydrogen (secondary N) is 1. The number of carboxylic acid groups (broad SMARTS) is 1. The Bertz CT molecular complexity index is 1240. The lowest BCUT2D eigenvalue weighted by Crippen LogP contribution is -2.33. The molecule has 1 unspecified atom stereocenters. The predicted octanol–water partition coefficient (Wildman–Crippen LogP) is 5.08. The van der Waals surface area contributed by atoms with Gasteiger partial charge in [-0.05, 0) is 53.6 Å². The van der Waals surface area contributed by atoms with Gasteiger partial charge >= 0.3 is 5.97 Å². The molecule has 1 aliphatic rings. The Hall–Kier alpha value is -4.52. The number of allylic oxidation sites excluding steroid dienone is 1. The molecule has 1 amide bonds. The van der Waals surface area contributed by atoms with Crippen LogP contribution in [0.25, 0.3) is 0 Å². The number of rotatable bonds is 9. The van der Waals surface area contributed by atoms with E-state index in [1.54, 1.807) is 18.2 Å². The lowest BCUT2D eigenvalue weighted by atomic mass is 10.1. The summed E-state index contributed by atoms with van der Waals surface area (Å²) in [5.41, 5.74) is 2.21. The predicted molar refractivity (Wildman–Crippen MR) is 133 cm³/mol. The van der Waals surface area contributed by atoms with Crippen LogP contribution in [-0.2, 0) is 11.4 Å². The van der Waals surface area contributed by atoms with E-state index in [0.717, 1.165) is 16.9 Å². The molecule has 2 N–H and O–H groups in total. The summed E-state index contributed by atoms with van der Waals surface area (Å²) in [5, 5.41) is 11.9. The van der Waals surface area contributed by atoms with Crippen LogP contribution < -0.4 is 14.8 Å². The van der Waals surface area contributed by atoms with Gasteiger partial charge in [-0.2, -0.15) is 0 Å². The van der Waals surface area contributed by atoms with E-state index in [0.29, 0.717) is 12.4 Å². The van der Waals surface area contributed by atoms with Gasteiger partial charge in [0.1, 0.15) is 18.1 Å². The Morgan fingerprint density at radius 2 is 1.63 bits per heavy atom. The summed E-state index contributed by atoms with van der Waals surface area (Å²) in [6, 6.07) is 23.7. The van der Waals surface area contributed by atoms with Crippen molar-refractivity contribution in [1.82, 2.24) is 4.90 Å². The molecule has 0 aliphatic carbocycles. The minimum Gasteiger partial charge on any atom is -0.489 e. The molecule has 3 aromatic carbocycles. The lowest BCUT2D eigenvalue weighted by molar-refractivity contribution is -0.115. The van der Waals surface area contributed by atoms with Crippen molar-refractivity contribution in [2.75, 3.05) is 12.4 Å². The molecule has 0 saturated heterocycles. The summed E-state index contributed by atoms with van der Waals surface area (Å²) >= 11 is 0. The fraction of sp³-hybridized carbons (Fsp3) is 0.143. The highest BCUT2D eigenvalue weighted by Crippen LogP contribution is 2.23. The van der Waals surface area contributed by atoms with Crippen LogP contribution >= 0.6 is 0 Å².